The Morgan fingerprint density at radius 1 is 1.23 bits per heavy atom. The van der Waals surface area contributed by atoms with Crippen LogP contribution in [0.3, 0.4) is 0 Å². The number of nitrogens with zero attached hydrogens (tertiary/aromatic N) is 4. The lowest BCUT2D eigenvalue weighted by Gasteiger charge is -2.45. The summed E-state index contributed by atoms with van der Waals surface area (Å²) >= 11 is 6.46. The first-order valence-corrected chi connectivity index (χ1v) is 9.68. The van der Waals surface area contributed by atoms with Gasteiger partial charge in [-0.3, -0.25) is 25.7 Å². The highest BCUT2D eigenvalue weighted by Gasteiger charge is 2.34. The van der Waals surface area contributed by atoms with E-state index in [2.05, 4.69) is 36.2 Å². The standard InChI is InChI=1S/C20H22ClN5O4/c1-12-10-20(2,3)24(4)18-9-16(21)13(7-15(12)18)11-22-23-17-6-5-14(25(27)28)8-19(17)26(29)30/h5-9,11-12,23H,10H2,1-4H3/b22-11-/t12-/m1/s1. The average molecular weight is 432 g/mol. The highest BCUT2D eigenvalue weighted by atomic mass is 35.5. The van der Waals surface area contributed by atoms with Gasteiger partial charge in [0.05, 0.1) is 27.2 Å². The minimum atomic E-state index is -0.698. The largest absolute Gasteiger partial charge is 0.369 e. The third kappa shape index (κ3) is 4.06. The molecule has 1 aliphatic heterocycles. The van der Waals surface area contributed by atoms with Crippen molar-refractivity contribution in [1.29, 1.82) is 0 Å². The van der Waals surface area contributed by atoms with E-state index in [-0.39, 0.29) is 16.9 Å². The first kappa shape index (κ1) is 21.5. The van der Waals surface area contributed by atoms with Crippen molar-refractivity contribution in [2.24, 2.45) is 5.10 Å². The quantitative estimate of drug-likeness (QED) is 0.389. The zero-order valence-electron chi connectivity index (χ0n) is 17.0. The Labute approximate surface area is 178 Å². The van der Waals surface area contributed by atoms with Crippen molar-refractivity contribution in [2.45, 2.75) is 38.6 Å². The lowest BCUT2D eigenvalue weighted by atomic mass is 9.80. The molecule has 0 spiro atoms. The van der Waals surface area contributed by atoms with E-state index in [0.717, 1.165) is 23.7 Å². The molecule has 0 unspecified atom stereocenters. The van der Waals surface area contributed by atoms with E-state index in [1.165, 1.54) is 18.3 Å². The molecule has 1 aliphatic rings. The molecule has 3 rings (SSSR count). The van der Waals surface area contributed by atoms with Crippen molar-refractivity contribution in [1.82, 2.24) is 0 Å². The maximum absolute atomic E-state index is 11.2. The number of benzene rings is 2. The fraction of sp³-hybridized carbons (Fsp3) is 0.350. The maximum Gasteiger partial charge on any atom is 0.301 e. The summed E-state index contributed by atoms with van der Waals surface area (Å²) in [5.74, 6) is 0.333. The van der Waals surface area contributed by atoms with Gasteiger partial charge in [-0.15, -0.1) is 0 Å². The van der Waals surface area contributed by atoms with Crippen LogP contribution in [0.15, 0.2) is 35.4 Å². The van der Waals surface area contributed by atoms with E-state index in [9.17, 15) is 20.2 Å². The minimum Gasteiger partial charge on any atom is -0.369 e. The van der Waals surface area contributed by atoms with E-state index < -0.39 is 15.5 Å². The third-order valence-corrected chi connectivity index (χ3v) is 5.86. The number of hydrazone groups is 1. The molecule has 0 radical (unpaired) electrons. The number of anilines is 2. The van der Waals surface area contributed by atoms with Crippen LogP contribution in [0.4, 0.5) is 22.7 Å². The first-order valence-electron chi connectivity index (χ1n) is 9.30. The number of rotatable bonds is 5. The zero-order valence-corrected chi connectivity index (χ0v) is 17.8. The molecule has 9 nitrogen and oxygen atoms in total. The molecule has 2 aromatic rings. The Morgan fingerprint density at radius 2 is 1.93 bits per heavy atom. The highest BCUT2D eigenvalue weighted by Crippen LogP contribution is 2.44. The van der Waals surface area contributed by atoms with Crippen LogP contribution in [0.25, 0.3) is 0 Å². The molecule has 0 bridgehead atoms. The second-order valence-electron chi connectivity index (χ2n) is 7.99. The van der Waals surface area contributed by atoms with Gasteiger partial charge in [0.1, 0.15) is 5.69 Å². The van der Waals surface area contributed by atoms with Gasteiger partial charge >= 0.3 is 5.69 Å². The molecule has 158 valence electrons. The molecule has 0 fully saturated rings. The highest BCUT2D eigenvalue weighted by molar-refractivity contribution is 6.33. The number of nitro groups is 2. The Balaban J connectivity index is 1.89. The summed E-state index contributed by atoms with van der Waals surface area (Å²) in [6.07, 6.45) is 2.47. The maximum atomic E-state index is 11.2. The predicted molar refractivity (Wildman–Crippen MR) is 118 cm³/mol. The molecular formula is C20H22ClN5O4. The molecule has 0 aromatic heterocycles. The number of hydrogen-bond acceptors (Lipinski definition) is 7. The van der Waals surface area contributed by atoms with Gasteiger partial charge in [0, 0.05) is 29.9 Å². The average Bonchev–Trinajstić information content (AvgIpc) is 2.66. The number of nitro benzene ring substituents is 2. The summed E-state index contributed by atoms with van der Waals surface area (Å²) < 4.78 is 0. The molecule has 10 heteroatoms. The molecule has 2 aromatic carbocycles. The van der Waals surface area contributed by atoms with Crippen molar-refractivity contribution < 1.29 is 9.85 Å². The summed E-state index contributed by atoms with van der Waals surface area (Å²) in [4.78, 5) is 22.9. The van der Waals surface area contributed by atoms with Crippen molar-refractivity contribution in [2.75, 3.05) is 17.4 Å². The first-order chi connectivity index (χ1) is 14.0. The molecule has 0 aliphatic carbocycles. The van der Waals surface area contributed by atoms with Gasteiger partial charge in [0.2, 0.25) is 0 Å². The molecule has 0 amide bonds. The smallest absolute Gasteiger partial charge is 0.301 e. The Bertz CT molecular complexity index is 1050. The van der Waals surface area contributed by atoms with Crippen molar-refractivity contribution in [3.8, 4) is 0 Å². The summed E-state index contributed by atoms with van der Waals surface area (Å²) in [6, 6.07) is 7.20. The number of fused-ring (bicyclic) bond motifs is 1. The number of halogens is 1. The molecule has 1 atom stereocenters. The number of nitrogens with one attached hydrogen (secondary N) is 1. The van der Waals surface area contributed by atoms with Gasteiger partial charge < -0.3 is 4.90 Å². The van der Waals surface area contributed by atoms with Gasteiger partial charge in [0.25, 0.3) is 5.69 Å². The molecule has 0 saturated heterocycles. The van der Waals surface area contributed by atoms with Gasteiger partial charge in [-0.1, -0.05) is 18.5 Å². The van der Waals surface area contributed by atoms with Gasteiger partial charge in [-0.2, -0.15) is 5.10 Å². The van der Waals surface area contributed by atoms with E-state index in [4.69, 9.17) is 11.6 Å². The Hall–Kier alpha value is -3.20. The minimum absolute atomic E-state index is 0.0156. The number of hydrogen-bond donors (Lipinski definition) is 1. The topological polar surface area (TPSA) is 114 Å². The van der Waals surface area contributed by atoms with Gasteiger partial charge in [-0.25, -0.2) is 0 Å². The lowest BCUT2D eigenvalue weighted by molar-refractivity contribution is -0.393. The summed E-state index contributed by atoms with van der Waals surface area (Å²) in [5.41, 5.74) is 4.75. The second kappa shape index (κ2) is 7.91. The molecule has 1 N–H and O–H groups in total. The Morgan fingerprint density at radius 3 is 2.57 bits per heavy atom. The van der Waals surface area contributed by atoms with Gasteiger partial charge in [0.15, 0.2) is 0 Å². The zero-order chi connectivity index (χ0) is 22.2. The predicted octanol–water partition coefficient (Wildman–Crippen LogP) is 5.32. The van der Waals surface area contributed by atoms with Crippen LogP contribution in [-0.2, 0) is 0 Å². The second-order valence-corrected chi connectivity index (χ2v) is 8.40. The third-order valence-electron chi connectivity index (χ3n) is 5.53. The lowest BCUT2D eigenvalue weighted by Crippen LogP contribution is -2.45. The van der Waals surface area contributed by atoms with Crippen molar-refractivity contribution >= 4 is 40.6 Å². The van der Waals surface area contributed by atoms with E-state index in [0.29, 0.717) is 16.5 Å². The van der Waals surface area contributed by atoms with Crippen molar-refractivity contribution in [3.63, 3.8) is 0 Å². The van der Waals surface area contributed by atoms with E-state index >= 15 is 0 Å². The van der Waals surface area contributed by atoms with Crippen LogP contribution < -0.4 is 10.3 Å². The normalized spacial score (nSPS) is 17.6. The molecule has 1 heterocycles. The van der Waals surface area contributed by atoms with Crippen LogP contribution in [-0.4, -0.2) is 28.6 Å². The van der Waals surface area contributed by atoms with Crippen LogP contribution in [0.5, 0.6) is 0 Å². The van der Waals surface area contributed by atoms with Gasteiger partial charge in [-0.05, 0) is 49.9 Å². The molecule has 30 heavy (non-hydrogen) atoms. The summed E-state index contributed by atoms with van der Waals surface area (Å²) in [5, 5.41) is 26.6. The van der Waals surface area contributed by atoms with Crippen LogP contribution in [0.2, 0.25) is 5.02 Å². The van der Waals surface area contributed by atoms with Crippen LogP contribution in [0, 0.1) is 20.2 Å². The van der Waals surface area contributed by atoms with Crippen LogP contribution in [0.1, 0.15) is 44.2 Å². The molecular weight excluding hydrogens is 410 g/mol. The number of non-ortho nitro benzene ring substituents is 1. The summed E-state index contributed by atoms with van der Waals surface area (Å²) in [6.45, 7) is 6.55. The monoisotopic (exact) mass is 431 g/mol. The van der Waals surface area contributed by atoms with Crippen LogP contribution >= 0.6 is 11.6 Å². The fourth-order valence-corrected chi connectivity index (χ4v) is 3.96. The molecule has 0 saturated carbocycles. The Kier molecular flexibility index (Phi) is 5.67. The fourth-order valence-electron chi connectivity index (χ4n) is 3.75. The summed E-state index contributed by atoms with van der Waals surface area (Å²) in [7, 11) is 2.05. The SMILES string of the molecule is C[C@@H]1CC(C)(C)N(C)c2cc(Cl)c(/C=N\Nc3ccc([N+](=O)[O-])cc3[N+](=O)[O-])cc21. The van der Waals surface area contributed by atoms with E-state index in [1.807, 2.05) is 19.2 Å². The van der Waals surface area contributed by atoms with Crippen molar-refractivity contribution in [3.05, 3.63) is 66.7 Å². The van der Waals surface area contributed by atoms with E-state index in [1.54, 1.807) is 0 Å².